The van der Waals surface area contributed by atoms with Crippen LogP contribution in [0.4, 0.5) is 25.8 Å². The van der Waals surface area contributed by atoms with Crippen molar-refractivity contribution in [1.29, 1.82) is 0 Å². The molecule has 3 aromatic carbocycles. The number of fused-ring (bicyclic) bond motifs is 1. The van der Waals surface area contributed by atoms with E-state index in [-0.39, 0.29) is 33.8 Å². The lowest BCUT2D eigenvalue weighted by Gasteiger charge is -2.36. The quantitative estimate of drug-likeness (QED) is 0.0580. The highest BCUT2D eigenvalue weighted by molar-refractivity contribution is 7.93. The predicted octanol–water partition coefficient (Wildman–Crippen LogP) is 7.10. The van der Waals surface area contributed by atoms with Gasteiger partial charge >= 0.3 is 0 Å². The first-order valence-electron chi connectivity index (χ1n) is 14.9. The highest BCUT2D eigenvalue weighted by Gasteiger charge is 2.42. The lowest BCUT2D eigenvalue weighted by atomic mass is 9.83. The summed E-state index contributed by atoms with van der Waals surface area (Å²) in [4.78, 5) is 44.2. The summed E-state index contributed by atoms with van der Waals surface area (Å²) in [6.07, 6.45) is 7.19. The average Bonchev–Trinajstić information content (AvgIpc) is 3.28. The fourth-order valence-corrected chi connectivity index (χ4v) is 6.42. The van der Waals surface area contributed by atoms with Crippen LogP contribution in [0.3, 0.4) is 0 Å². The van der Waals surface area contributed by atoms with E-state index in [0.717, 1.165) is 26.7 Å². The van der Waals surface area contributed by atoms with Crippen molar-refractivity contribution in [3.63, 3.8) is 0 Å². The normalized spacial score (nSPS) is 16.7. The third-order valence-electron chi connectivity index (χ3n) is 8.02. The molecule has 0 bridgehead atoms. The number of carbonyl (C=O) groups is 3. The molecule has 3 amide bonds. The Morgan fingerprint density at radius 1 is 0.938 bits per heavy atom. The largest absolute Gasteiger partial charge is 0.355 e. The van der Waals surface area contributed by atoms with Crippen molar-refractivity contribution in [2.75, 3.05) is 33.7 Å². The van der Waals surface area contributed by atoms with Crippen molar-refractivity contribution >= 4 is 75.8 Å². The maximum absolute atomic E-state index is 13.7. The van der Waals surface area contributed by atoms with Gasteiger partial charge < -0.3 is 14.8 Å². The molecular weight excluding hydrogens is 678 g/mol. The molecule has 2 aliphatic heterocycles. The van der Waals surface area contributed by atoms with Crippen molar-refractivity contribution in [3.05, 3.63) is 120 Å². The Morgan fingerprint density at radius 3 is 2.04 bits per heavy atom. The number of allylic oxidation sites excluding steroid dienone is 5. The summed E-state index contributed by atoms with van der Waals surface area (Å²) in [6, 6.07) is 16.0. The first-order chi connectivity index (χ1) is 23.0. The maximum Gasteiger partial charge on any atom is 0.270 e. The van der Waals surface area contributed by atoms with Gasteiger partial charge in [-0.05, 0) is 103 Å². The minimum atomic E-state index is -0.699. The number of amides is 3. The number of thiocarbonyl (C=S) groups is 1. The summed E-state index contributed by atoms with van der Waals surface area (Å²) in [7, 11) is 0. The van der Waals surface area contributed by atoms with Gasteiger partial charge in [-0.1, -0.05) is 26.0 Å². The highest BCUT2D eigenvalue weighted by Crippen LogP contribution is 2.48. The molecule has 0 atom stereocenters. The Kier molecular flexibility index (Phi) is 10.8. The molecule has 1 saturated heterocycles. The number of alkyl halides is 1. The molecule has 1 fully saturated rings. The standard InChI is InChI=1S/C35H31ClF2N4O4S2/c1-35(2)28-20-26(48-46)16-17-29(28)40(19-5-18-39-31(43)21-36)30(35)7-4-3-6-27-32(44)41(24-12-8-22(37)9-13-24)34(47)42(33(27)45)25-14-10-23(38)11-15-25/h3-4,6-17,20,46H,5,18-19,21H2,1-2H3,(H,39,43)/b4-3+,30-7+. The summed E-state index contributed by atoms with van der Waals surface area (Å²) in [6.45, 7) is 5.11. The third kappa shape index (κ3) is 7.07. The number of carbonyl (C=O) groups excluding carboxylic acids is 3. The van der Waals surface area contributed by atoms with Crippen LogP contribution in [0, 0.1) is 11.6 Å². The second-order valence-electron chi connectivity index (χ2n) is 11.4. The molecule has 0 aromatic heterocycles. The van der Waals surface area contributed by atoms with Crippen LogP contribution in [0.2, 0.25) is 0 Å². The smallest absolute Gasteiger partial charge is 0.270 e. The number of hydrogen-bond acceptors (Lipinski definition) is 7. The zero-order valence-corrected chi connectivity index (χ0v) is 28.3. The Morgan fingerprint density at radius 2 is 1.50 bits per heavy atom. The highest BCUT2D eigenvalue weighted by atomic mass is 35.5. The van der Waals surface area contributed by atoms with E-state index in [4.69, 9.17) is 23.8 Å². The first kappa shape index (κ1) is 35.0. The molecule has 3 aromatic rings. The Bertz CT molecular complexity index is 1780. The van der Waals surface area contributed by atoms with Gasteiger partial charge in [-0.25, -0.2) is 8.78 Å². The van der Waals surface area contributed by atoms with Crippen LogP contribution >= 0.6 is 35.9 Å². The van der Waals surface area contributed by atoms with Gasteiger partial charge in [0.15, 0.2) is 5.11 Å². The number of anilines is 3. The lowest BCUT2D eigenvalue weighted by molar-refractivity contribution is -0.121. The zero-order valence-electron chi connectivity index (χ0n) is 26.0. The van der Waals surface area contributed by atoms with Gasteiger partial charge in [0, 0.05) is 46.8 Å². The van der Waals surface area contributed by atoms with E-state index in [1.165, 1.54) is 54.6 Å². The molecule has 2 N–H and O–H groups in total. The lowest BCUT2D eigenvalue weighted by Crippen LogP contribution is -2.57. The van der Waals surface area contributed by atoms with Crippen LogP contribution in [0.15, 0.2) is 107 Å². The average molecular weight is 709 g/mol. The monoisotopic (exact) mass is 708 g/mol. The molecule has 5 rings (SSSR count). The van der Waals surface area contributed by atoms with Crippen LogP contribution in [-0.2, 0) is 19.8 Å². The van der Waals surface area contributed by atoms with Gasteiger partial charge in [0.2, 0.25) is 5.91 Å². The molecule has 2 heterocycles. The van der Waals surface area contributed by atoms with Gasteiger partial charge in [-0.2, -0.15) is 0 Å². The van der Waals surface area contributed by atoms with Gasteiger partial charge in [0.25, 0.3) is 11.8 Å². The third-order valence-corrected chi connectivity index (χ3v) is 9.09. The molecule has 0 unspecified atom stereocenters. The summed E-state index contributed by atoms with van der Waals surface area (Å²) in [5.41, 5.74) is 2.69. The number of halogens is 3. The first-order valence-corrected chi connectivity index (χ1v) is 16.6. The molecule has 13 heteroatoms. The van der Waals surface area contributed by atoms with Crippen LogP contribution < -0.4 is 20.0 Å². The van der Waals surface area contributed by atoms with E-state index in [9.17, 15) is 27.7 Å². The molecule has 0 radical (unpaired) electrons. The molecule has 0 saturated carbocycles. The molecule has 48 heavy (non-hydrogen) atoms. The number of nitrogens with one attached hydrogen (secondary N) is 1. The van der Waals surface area contributed by atoms with E-state index in [2.05, 4.69) is 24.1 Å². The van der Waals surface area contributed by atoms with Crippen LogP contribution in [0.5, 0.6) is 0 Å². The Balaban J connectivity index is 1.49. The minimum Gasteiger partial charge on any atom is -0.355 e. The van der Waals surface area contributed by atoms with E-state index >= 15 is 0 Å². The fraction of sp³-hybridized carbons (Fsp3) is 0.200. The molecule has 0 aliphatic carbocycles. The second kappa shape index (κ2) is 14.8. The van der Waals surface area contributed by atoms with Gasteiger partial charge in [0.05, 0.1) is 11.4 Å². The summed E-state index contributed by atoms with van der Waals surface area (Å²) < 4.78 is 37.2. The number of rotatable bonds is 10. The zero-order chi connectivity index (χ0) is 34.6. The predicted molar refractivity (Wildman–Crippen MR) is 189 cm³/mol. The molecule has 0 spiro atoms. The fourth-order valence-electron chi connectivity index (χ4n) is 5.65. The van der Waals surface area contributed by atoms with Crippen molar-refractivity contribution in [3.8, 4) is 0 Å². The topological polar surface area (TPSA) is 93.2 Å². The SMILES string of the molecule is CC1(C)/C(=C\C=C\C=C2C(=O)N(c3ccc(F)cc3)C(=S)N(c3ccc(F)cc3)C2=O)N(CCCNC(=O)CCl)c2ccc(SO)cc21. The van der Waals surface area contributed by atoms with E-state index in [1.807, 2.05) is 24.3 Å². The minimum absolute atomic E-state index is 0.118. The van der Waals surface area contributed by atoms with Crippen LogP contribution in [-0.4, -0.2) is 46.4 Å². The molecule has 2 aliphatic rings. The van der Waals surface area contributed by atoms with E-state index in [1.54, 1.807) is 12.2 Å². The van der Waals surface area contributed by atoms with Crippen molar-refractivity contribution < 1.29 is 27.7 Å². The van der Waals surface area contributed by atoms with E-state index < -0.39 is 28.9 Å². The van der Waals surface area contributed by atoms with Crippen molar-refractivity contribution in [1.82, 2.24) is 5.32 Å². The van der Waals surface area contributed by atoms with Gasteiger partial charge in [0.1, 0.15) is 23.1 Å². The van der Waals surface area contributed by atoms with Gasteiger partial charge in [-0.3, -0.25) is 24.2 Å². The van der Waals surface area contributed by atoms with Crippen LogP contribution in [0.25, 0.3) is 0 Å². The molecule has 248 valence electrons. The van der Waals surface area contributed by atoms with Gasteiger partial charge in [-0.15, -0.1) is 11.6 Å². The van der Waals surface area contributed by atoms with E-state index in [0.29, 0.717) is 36.4 Å². The van der Waals surface area contributed by atoms with Crippen LogP contribution in [0.1, 0.15) is 25.8 Å². The second-order valence-corrected chi connectivity index (χ2v) is 12.7. The summed E-state index contributed by atoms with van der Waals surface area (Å²) >= 11 is 11.8. The number of benzene rings is 3. The van der Waals surface area contributed by atoms with Crippen molar-refractivity contribution in [2.24, 2.45) is 0 Å². The summed E-state index contributed by atoms with van der Waals surface area (Å²) in [5, 5.41) is 2.62. The Labute approximate surface area is 291 Å². The van der Waals surface area contributed by atoms with Crippen molar-refractivity contribution in [2.45, 2.75) is 30.6 Å². The summed E-state index contributed by atoms with van der Waals surface area (Å²) in [5.74, 6) is -2.79. The number of hydrogen-bond donors (Lipinski definition) is 2. The Hall–Kier alpha value is -4.36. The maximum atomic E-state index is 13.7. The molecule has 8 nitrogen and oxygen atoms in total. The number of nitrogens with zero attached hydrogens (tertiary/aromatic N) is 3. The molecular formula is C35H31ClF2N4O4S2.